The topological polar surface area (TPSA) is 49.3 Å². The molecule has 1 heterocycles. The minimum absolute atomic E-state index is 0.124. The van der Waals surface area contributed by atoms with Gasteiger partial charge >= 0.3 is 0 Å². The van der Waals surface area contributed by atoms with Gasteiger partial charge in [-0.25, -0.2) is 0 Å². The molecule has 2 N–H and O–H groups in total. The fourth-order valence-corrected chi connectivity index (χ4v) is 2.21. The van der Waals surface area contributed by atoms with Gasteiger partial charge in [-0.1, -0.05) is 24.0 Å². The van der Waals surface area contributed by atoms with Crippen LogP contribution in [0.1, 0.15) is 20.8 Å². The van der Waals surface area contributed by atoms with Crippen LogP contribution in [0.25, 0.3) is 0 Å². The van der Waals surface area contributed by atoms with Crippen molar-refractivity contribution in [2.24, 2.45) is 0 Å². The summed E-state index contributed by atoms with van der Waals surface area (Å²) in [6, 6.07) is 11.0. The summed E-state index contributed by atoms with van der Waals surface area (Å²) in [4.78, 5) is 13.1. The fraction of sp³-hybridized carbons (Fsp3) is 0.133. The summed E-state index contributed by atoms with van der Waals surface area (Å²) >= 11 is 1.61. The van der Waals surface area contributed by atoms with E-state index in [1.165, 1.54) is 0 Å². The lowest BCUT2D eigenvalue weighted by atomic mass is 10.1. The van der Waals surface area contributed by atoms with Crippen LogP contribution in [0, 0.1) is 11.8 Å². The van der Waals surface area contributed by atoms with Gasteiger partial charge in [-0.3, -0.25) is 4.79 Å². The van der Waals surface area contributed by atoms with Crippen molar-refractivity contribution >= 4 is 17.2 Å². The average Bonchev–Trinajstić information content (AvgIpc) is 2.96. The van der Waals surface area contributed by atoms with Crippen LogP contribution < -0.4 is 5.32 Å². The van der Waals surface area contributed by atoms with Gasteiger partial charge in [0.1, 0.15) is 6.61 Å². The summed E-state index contributed by atoms with van der Waals surface area (Å²) < 4.78 is 0. The highest BCUT2D eigenvalue weighted by Gasteiger charge is 2.05. The number of hydrogen-bond donors (Lipinski definition) is 2. The third-order valence-corrected chi connectivity index (χ3v) is 3.32. The molecule has 0 fully saturated rings. The van der Waals surface area contributed by atoms with Gasteiger partial charge < -0.3 is 10.4 Å². The number of rotatable bonds is 3. The lowest BCUT2D eigenvalue weighted by molar-refractivity contribution is 0.0951. The van der Waals surface area contributed by atoms with Crippen molar-refractivity contribution in [3.63, 3.8) is 0 Å². The van der Waals surface area contributed by atoms with Crippen LogP contribution in [0.4, 0.5) is 0 Å². The van der Waals surface area contributed by atoms with Gasteiger partial charge in [-0.05, 0) is 29.6 Å². The number of carbonyl (C=O) groups excluding carboxylic acids is 1. The van der Waals surface area contributed by atoms with Crippen LogP contribution in [0.3, 0.4) is 0 Å². The molecule has 4 heteroatoms. The normalized spacial score (nSPS) is 9.53. The number of aliphatic hydroxyl groups excluding tert-OH is 1. The number of hydrogen-bond acceptors (Lipinski definition) is 3. The summed E-state index contributed by atoms with van der Waals surface area (Å²) in [7, 11) is 0. The first-order valence-electron chi connectivity index (χ1n) is 5.80. The van der Waals surface area contributed by atoms with Crippen LogP contribution in [-0.2, 0) is 6.54 Å². The average molecular weight is 271 g/mol. The molecule has 1 aromatic carbocycles. The molecule has 0 saturated carbocycles. The molecule has 1 aromatic heterocycles. The molecule has 0 saturated heterocycles. The second-order valence-electron chi connectivity index (χ2n) is 3.80. The number of nitrogens with one attached hydrogen (secondary N) is 1. The third-order valence-electron chi connectivity index (χ3n) is 2.44. The van der Waals surface area contributed by atoms with Crippen molar-refractivity contribution < 1.29 is 9.90 Å². The highest BCUT2D eigenvalue weighted by Crippen LogP contribution is 2.09. The van der Waals surface area contributed by atoms with Crippen LogP contribution >= 0.6 is 11.3 Å². The predicted molar refractivity (Wildman–Crippen MR) is 75.9 cm³/mol. The number of aliphatic hydroxyl groups is 1. The van der Waals surface area contributed by atoms with Crippen molar-refractivity contribution in [3.05, 3.63) is 57.8 Å². The Labute approximate surface area is 115 Å². The molecule has 0 unspecified atom stereocenters. The Bertz CT molecular complexity index is 609. The maximum absolute atomic E-state index is 12.0. The van der Waals surface area contributed by atoms with Crippen LogP contribution in [0.2, 0.25) is 0 Å². The lowest BCUT2D eigenvalue weighted by Crippen LogP contribution is -2.22. The van der Waals surface area contributed by atoms with Gasteiger partial charge in [-0.2, -0.15) is 0 Å². The molecular formula is C15H13NO2S. The van der Waals surface area contributed by atoms with Gasteiger partial charge in [0.2, 0.25) is 0 Å². The van der Waals surface area contributed by atoms with Crippen LogP contribution in [-0.4, -0.2) is 17.6 Å². The minimum Gasteiger partial charge on any atom is -0.384 e. The highest BCUT2D eigenvalue weighted by atomic mass is 32.1. The van der Waals surface area contributed by atoms with E-state index < -0.39 is 0 Å². The Morgan fingerprint density at radius 1 is 1.32 bits per heavy atom. The maximum Gasteiger partial charge on any atom is 0.251 e. The summed E-state index contributed by atoms with van der Waals surface area (Å²) in [6.45, 7) is 0.345. The predicted octanol–water partition coefficient (Wildman–Crippen LogP) is 2.02. The zero-order valence-electron chi connectivity index (χ0n) is 10.2. The molecule has 3 nitrogen and oxygen atoms in total. The van der Waals surface area contributed by atoms with Gasteiger partial charge in [0, 0.05) is 16.0 Å². The SMILES string of the molecule is O=C(NCc1cccs1)c1cccc(C#CCO)c1. The molecule has 0 bridgehead atoms. The monoisotopic (exact) mass is 271 g/mol. The summed E-state index contributed by atoms with van der Waals surface area (Å²) in [5.41, 5.74) is 1.29. The molecule has 96 valence electrons. The Morgan fingerprint density at radius 2 is 2.21 bits per heavy atom. The molecule has 0 atom stereocenters. The Kier molecular flexibility index (Phi) is 4.73. The van der Waals surface area contributed by atoms with E-state index in [4.69, 9.17) is 5.11 Å². The first kappa shape index (κ1) is 13.3. The van der Waals surface area contributed by atoms with Gasteiger partial charge in [0.05, 0.1) is 6.54 Å². The van der Waals surface area contributed by atoms with Crippen molar-refractivity contribution in [1.82, 2.24) is 5.32 Å². The maximum atomic E-state index is 12.0. The first-order chi connectivity index (χ1) is 9.29. The van der Waals surface area contributed by atoms with E-state index in [-0.39, 0.29) is 12.5 Å². The molecule has 0 spiro atoms. The zero-order valence-corrected chi connectivity index (χ0v) is 11.0. The molecule has 2 rings (SSSR count). The van der Waals surface area contributed by atoms with Crippen LogP contribution in [0.15, 0.2) is 41.8 Å². The van der Waals surface area contributed by atoms with E-state index in [9.17, 15) is 4.79 Å². The first-order valence-corrected chi connectivity index (χ1v) is 6.68. The van der Waals surface area contributed by atoms with Gasteiger partial charge in [0.25, 0.3) is 5.91 Å². The molecule has 0 aliphatic rings. The Morgan fingerprint density at radius 3 is 2.95 bits per heavy atom. The second kappa shape index (κ2) is 6.74. The molecular weight excluding hydrogens is 258 g/mol. The number of benzene rings is 1. The minimum atomic E-state index is -0.186. The fourth-order valence-electron chi connectivity index (χ4n) is 1.56. The van der Waals surface area contributed by atoms with Crippen molar-refractivity contribution in [2.45, 2.75) is 6.54 Å². The summed E-state index contributed by atoms with van der Waals surface area (Å²) in [5, 5.41) is 13.5. The summed E-state index contributed by atoms with van der Waals surface area (Å²) in [5.74, 6) is 5.22. The van der Waals surface area contributed by atoms with Crippen molar-refractivity contribution in [3.8, 4) is 11.8 Å². The standard InChI is InChI=1S/C15H13NO2S/c17-8-2-5-12-4-1-6-13(10-12)15(18)16-11-14-7-3-9-19-14/h1,3-4,6-7,9-10,17H,8,11H2,(H,16,18). The van der Waals surface area contributed by atoms with E-state index in [2.05, 4.69) is 17.2 Å². The molecule has 0 radical (unpaired) electrons. The Balaban J connectivity index is 2.02. The van der Waals surface area contributed by atoms with E-state index in [1.807, 2.05) is 17.5 Å². The quantitative estimate of drug-likeness (QED) is 0.839. The van der Waals surface area contributed by atoms with E-state index >= 15 is 0 Å². The van der Waals surface area contributed by atoms with E-state index in [1.54, 1.807) is 35.6 Å². The van der Waals surface area contributed by atoms with Crippen LogP contribution in [0.5, 0.6) is 0 Å². The number of thiophene rings is 1. The number of amides is 1. The molecule has 2 aromatic rings. The molecule has 0 aliphatic heterocycles. The molecule has 1 amide bonds. The molecule has 0 aliphatic carbocycles. The van der Waals surface area contributed by atoms with Gasteiger partial charge in [-0.15, -0.1) is 11.3 Å². The Hall–Kier alpha value is -2.09. The largest absolute Gasteiger partial charge is 0.384 e. The van der Waals surface area contributed by atoms with E-state index in [0.29, 0.717) is 12.1 Å². The van der Waals surface area contributed by atoms with Gasteiger partial charge in [0.15, 0.2) is 0 Å². The smallest absolute Gasteiger partial charge is 0.251 e. The van der Waals surface area contributed by atoms with Crippen molar-refractivity contribution in [1.29, 1.82) is 0 Å². The third kappa shape index (κ3) is 3.95. The van der Waals surface area contributed by atoms with E-state index in [0.717, 1.165) is 10.4 Å². The summed E-state index contributed by atoms with van der Waals surface area (Å²) in [6.07, 6.45) is 0. The molecule has 19 heavy (non-hydrogen) atoms. The second-order valence-corrected chi connectivity index (χ2v) is 4.83. The lowest BCUT2D eigenvalue weighted by Gasteiger charge is -2.04. The highest BCUT2D eigenvalue weighted by molar-refractivity contribution is 7.09. The zero-order chi connectivity index (χ0) is 13.5. The van der Waals surface area contributed by atoms with Crippen molar-refractivity contribution in [2.75, 3.05) is 6.61 Å². The number of carbonyl (C=O) groups is 1.